The van der Waals surface area contributed by atoms with Crippen molar-refractivity contribution in [1.82, 2.24) is 9.03 Å². The van der Waals surface area contributed by atoms with E-state index in [9.17, 15) is 21.6 Å². The molecule has 4 rings (SSSR count). The summed E-state index contributed by atoms with van der Waals surface area (Å²) in [5.74, 6) is 5.07. The van der Waals surface area contributed by atoms with Crippen LogP contribution in [0.25, 0.3) is 10.8 Å². The second kappa shape index (κ2) is 11.0. The number of benzene rings is 3. The van der Waals surface area contributed by atoms with Crippen molar-refractivity contribution in [1.29, 1.82) is 0 Å². The lowest BCUT2D eigenvalue weighted by Crippen LogP contribution is -2.54. The van der Waals surface area contributed by atoms with Gasteiger partial charge in [-0.3, -0.25) is 9.52 Å². The third kappa shape index (κ3) is 7.02. The van der Waals surface area contributed by atoms with Gasteiger partial charge >= 0.3 is 5.97 Å². The normalized spacial score (nSPS) is 15.5. The Labute approximate surface area is 222 Å². The molecule has 1 fully saturated rings. The van der Waals surface area contributed by atoms with Crippen LogP contribution in [0, 0.1) is 11.8 Å². The maximum atomic E-state index is 12.4. The highest BCUT2D eigenvalue weighted by Crippen LogP contribution is 2.22. The molecule has 1 atom stereocenters. The summed E-state index contributed by atoms with van der Waals surface area (Å²) in [5.41, 5.74) is 3.11. The number of sulfonamides is 1. The van der Waals surface area contributed by atoms with Crippen molar-refractivity contribution in [2.75, 3.05) is 42.1 Å². The van der Waals surface area contributed by atoms with E-state index in [1.54, 1.807) is 12.1 Å². The van der Waals surface area contributed by atoms with E-state index in [-0.39, 0.29) is 13.1 Å². The molecule has 1 saturated heterocycles. The highest BCUT2D eigenvalue weighted by Gasteiger charge is 2.29. The third-order valence-electron chi connectivity index (χ3n) is 6.00. The van der Waals surface area contributed by atoms with Gasteiger partial charge in [0.1, 0.15) is 6.04 Å². The summed E-state index contributed by atoms with van der Waals surface area (Å²) in [5, 5.41) is 10.8. The average molecular weight is 557 g/mol. The number of piperazine rings is 1. The molecule has 0 spiro atoms. The molecule has 3 aromatic rings. The number of hydrogen-bond donors (Lipinski definition) is 3. The van der Waals surface area contributed by atoms with E-state index >= 15 is 0 Å². The lowest BCUT2D eigenvalue weighted by atomic mass is 10.1. The Morgan fingerprint density at radius 2 is 1.45 bits per heavy atom. The van der Waals surface area contributed by atoms with E-state index in [4.69, 9.17) is 5.11 Å². The molecule has 3 aromatic carbocycles. The molecule has 1 aliphatic heterocycles. The molecule has 0 unspecified atom stereocenters. The number of carboxylic acid groups (broad SMARTS) is 1. The smallest absolute Gasteiger partial charge is 0.321 e. The highest BCUT2D eigenvalue weighted by molar-refractivity contribution is 7.92. The van der Waals surface area contributed by atoms with Crippen molar-refractivity contribution in [3.8, 4) is 11.8 Å². The quantitative estimate of drug-likeness (QED) is 0.379. The van der Waals surface area contributed by atoms with Gasteiger partial charge in [-0.15, -0.1) is 0 Å². The number of aliphatic carboxylic acids is 1. The molecule has 200 valence electrons. The Hall–Kier alpha value is -3.63. The van der Waals surface area contributed by atoms with Gasteiger partial charge in [0.15, 0.2) is 0 Å². The van der Waals surface area contributed by atoms with E-state index in [2.05, 4.69) is 26.2 Å². The summed E-state index contributed by atoms with van der Waals surface area (Å²) < 4.78 is 53.6. The summed E-state index contributed by atoms with van der Waals surface area (Å²) in [6.45, 7) is 2.74. The van der Waals surface area contributed by atoms with Crippen LogP contribution in [0.2, 0.25) is 0 Å². The Morgan fingerprint density at radius 1 is 0.868 bits per heavy atom. The molecule has 1 heterocycles. The van der Waals surface area contributed by atoms with Crippen LogP contribution >= 0.6 is 0 Å². The van der Waals surface area contributed by atoms with E-state index in [1.165, 1.54) is 11.2 Å². The van der Waals surface area contributed by atoms with Crippen LogP contribution in [0.4, 0.5) is 11.4 Å². The van der Waals surface area contributed by atoms with Gasteiger partial charge in [0.05, 0.1) is 6.26 Å². The van der Waals surface area contributed by atoms with E-state index in [0.717, 1.165) is 33.8 Å². The summed E-state index contributed by atoms with van der Waals surface area (Å²) in [6, 6.07) is 17.6. The fourth-order valence-electron chi connectivity index (χ4n) is 4.04. The van der Waals surface area contributed by atoms with Gasteiger partial charge in [0.2, 0.25) is 10.0 Å². The number of carbonyl (C=O) groups is 1. The Bertz CT molecular complexity index is 1620. The van der Waals surface area contributed by atoms with Crippen molar-refractivity contribution in [3.05, 3.63) is 71.8 Å². The largest absolute Gasteiger partial charge is 0.480 e. The monoisotopic (exact) mass is 556 g/mol. The number of rotatable bonds is 7. The molecule has 12 heteroatoms. The van der Waals surface area contributed by atoms with Crippen molar-refractivity contribution < 1.29 is 26.7 Å². The molecule has 1 aliphatic rings. The second-order valence-electron chi connectivity index (χ2n) is 9.02. The summed E-state index contributed by atoms with van der Waals surface area (Å²) in [6.07, 6.45) is 1.11. The molecule has 0 amide bonds. The lowest BCUT2D eigenvalue weighted by Gasteiger charge is -2.35. The zero-order chi connectivity index (χ0) is 27.5. The standard InChI is InChI=1S/C26H28N4O6S2/c1-19(26(31)32)27-38(35,36)30-15-13-29(14-16-30)25-11-6-20(7-12-25)3-4-21-5-8-23-18-24(28-37(2,33)34)10-9-22(23)17-21/h5-12,17-19,27-28H,13-16H2,1-2H3,(H,31,32)/t19-/m1/s1. The first-order chi connectivity index (χ1) is 17.9. The molecule has 0 radical (unpaired) electrons. The zero-order valence-electron chi connectivity index (χ0n) is 20.9. The zero-order valence-corrected chi connectivity index (χ0v) is 22.5. The maximum Gasteiger partial charge on any atom is 0.321 e. The van der Waals surface area contributed by atoms with E-state index < -0.39 is 32.2 Å². The lowest BCUT2D eigenvalue weighted by molar-refractivity contribution is -0.138. The molecule has 0 saturated carbocycles. The number of fused-ring (bicyclic) bond motifs is 1. The number of nitrogens with zero attached hydrogens (tertiary/aromatic N) is 2. The Kier molecular flexibility index (Phi) is 7.94. The molecule has 0 bridgehead atoms. The number of anilines is 2. The topological polar surface area (TPSA) is 136 Å². The van der Waals surface area contributed by atoms with Gasteiger partial charge in [0.25, 0.3) is 10.2 Å². The first-order valence-electron chi connectivity index (χ1n) is 11.8. The first-order valence-corrected chi connectivity index (χ1v) is 15.1. The van der Waals surface area contributed by atoms with Crippen LogP contribution in [0.3, 0.4) is 0 Å². The van der Waals surface area contributed by atoms with Crippen LogP contribution in [0.15, 0.2) is 60.7 Å². The van der Waals surface area contributed by atoms with Crippen molar-refractivity contribution in [2.45, 2.75) is 13.0 Å². The minimum Gasteiger partial charge on any atom is -0.480 e. The molecule has 0 aliphatic carbocycles. The molecule has 38 heavy (non-hydrogen) atoms. The van der Waals surface area contributed by atoms with E-state index in [1.807, 2.05) is 48.5 Å². The molecule has 3 N–H and O–H groups in total. The fourth-order valence-corrected chi connectivity index (χ4v) is 5.93. The maximum absolute atomic E-state index is 12.4. The van der Waals surface area contributed by atoms with Crippen LogP contribution in [0.5, 0.6) is 0 Å². The molecular formula is C26H28N4O6S2. The highest BCUT2D eigenvalue weighted by atomic mass is 32.2. The van der Waals surface area contributed by atoms with Crippen molar-refractivity contribution in [2.24, 2.45) is 0 Å². The number of hydrogen-bond acceptors (Lipinski definition) is 6. The molecule has 0 aromatic heterocycles. The minimum atomic E-state index is -3.87. The average Bonchev–Trinajstić information content (AvgIpc) is 2.86. The molecular weight excluding hydrogens is 528 g/mol. The molecule has 10 nitrogen and oxygen atoms in total. The predicted molar refractivity (Wildman–Crippen MR) is 148 cm³/mol. The van der Waals surface area contributed by atoms with Gasteiger partial charge < -0.3 is 10.0 Å². The Morgan fingerprint density at radius 3 is 2.08 bits per heavy atom. The van der Waals surface area contributed by atoms with Gasteiger partial charge in [-0.1, -0.05) is 24.0 Å². The Balaban J connectivity index is 1.38. The van der Waals surface area contributed by atoms with Crippen LogP contribution in [0.1, 0.15) is 18.1 Å². The fraction of sp³-hybridized carbons (Fsp3) is 0.269. The van der Waals surface area contributed by atoms with Crippen molar-refractivity contribution in [3.63, 3.8) is 0 Å². The van der Waals surface area contributed by atoms with Gasteiger partial charge in [-0.2, -0.15) is 17.4 Å². The summed E-state index contributed by atoms with van der Waals surface area (Å²) in [7, 11) is -7.21. The van der Waals surface area contributed by atoms with Crippen LogP contribution in [-0.2, 0) is 25.0 Å². The SMILES string of the molecule is C[C@@H](NS(=O)(=O)N1CCN(c2ccc(C#Cc3ccc4cc(NS(C)(=O)=O)ccc4c3)cc2)CC1)C(=O)O. The minimum absolute atomic E-state index is 0.247. The van der Waals surface area contributed by atoms with Crippen molar-refractivity contribution >= 4 is 48.3 Å². The second-order valence-corrected chi connectivity index (χ2v) is 12.5. The van der Waals surface area contributed by atoms with Gasteiger partial charge in [-0.25, -0.2) is 8.42 Å². The number of carboxylic acids is 1. The third-order valence-corrected chi connectivity index (χ3v) is 8.30. The van der Waals surface area contributed by atoms with Gasteiger partial charge in [-0.05, 0) is 66.2 Å². The predicted octanol–water partition coefficient (Wildman–Crippen LogP) is 2.04. The number of nitrogens with one attached hydrogen (secondary N) is 2. The van der Waals surface area contributed by atoms with E-state index in [0.29, 0.717) is 18.8 Å². The first kappa shape index (κ1) is 27.4. The van der Waals surface area contributed by atoms with Crippen LogP contribution < -0.4 is 14.3 Å². The van der Waals surface area contributed by atoms with Gasteiger partial charge in [0, 0.05) is 48.7 Å². The summed E-state index contributed by atoms with van der Waals surface area (Å²) >= 11 is 0. The summed E-state index contributed by atoms with van der Waals surface area (Å²) in [4.78, 5) is 13.0. The van der Waals surface area contributed by atoms with Crippen LogP contribution in [-0.4, -0.2) is 70.7 Å².